The van der Waals surface area contributed by atoms with Crippen LogP contribution in [0.5, 0.6) is 0 Å². The Morgan fingerprint density at radius 3 is 0.812 bits per heavy atom. The van der Waals surface area contributed by atoms with E-state index in [0.29, 0.717) is 0 Å². The van der Waals surface area contributed by atoms with Crippen molar-refractivity contribution >= 4 is 32.3 Å². The molecule has 8 rings (SSSR count). The summed E-state index contributed by atoms with van der Waals surface area (Å²) in [5.41, 5.74) is 17.8. The van der Waals surface area contributed by atoms with Gasteiger partial charge in [0.25, 0.3) is 0 Å². The van der Waals surface area contributed by atoms with Crippen LogP contribution < -0.4 is 0 Å². The minimum atomic E-state index is 1.24. The molecule has 0 heterocycles. The summed E-state index contributed by atoms with van der Waals surface area (Å²) in [5.74, 6) is 0. The van der Waals surface area contributed by atoms with Gasteiger partial charge in [0.15, 0.2) is 0 Å². The summed E-state index contributed by atoms with van der Waals surface area (Å²) < 4.78 is 0. The number of benzene rings is 8. The number of aryl methyl sites for hydroxylation is 6. The van der Waals surface area contributed by atoms with Crippen molar-refractivity contribution in [3.05, 3.63) is 167 Å². The van der Waals surface area contributed by atoms with Gasteiger partial charge in [-0.3, -0.25) is 0 Å². The normalized spacial score (nSPS) is 11.5. The molecule has 0 aliphatic heterocycles. The van der Waals surface area contributed by atoms with E-state index in [1.165, 1.54) is 110 Å². The van der Waals surface area contributed by atoms with Gasteiger partial charge >= 0.3 is 0 Å². The molecule has 0 fully saturated rings. The second-order valence-corrected chi connectivity index (χ2v) is 13.8. The van der Waals surface area contributed by atoms with Crippen LogP contribution in [-0.2, 0) is 0 Å². The molecule has 0 saturated heterocycles. The van der Waals surface area contributed by atoms with Crippen molar-refractivity contribution in [2.24, 2.45) is 0 Å². The van der Waals surface area contributed by atoms with Crippen molar-refractivity contribution < 1.29 is 0 Å². The minimum absolute atomic E-state index is 1.24. The van der Waals surface area contributed by atoms with Crippen LogP contribution >= 0.6 is 0 Å². The number of hydrogen-bond acceptors (Lipinski definition) is 0. The van der Waals surface area contributed by atoms with E-state index in [4.69, 9.17) is 0 Å². The summed E-state index contributed by atoms with van der Waals surface area (Å²) in [5, 5.41) is 7.73. The van der Waals surface area contributed by atoms with Crippen LogP contribution in [0.1, 0.15) is 33.4 Å². The smallest absolute Gasteiger partial charge is 0.000139 e. The van der Waals surface area contributed by atoms with Gasteiger partial charge in [0.05, 0.1) is 0 Å². The second kappa shape index (κ2) is 11.7. The van der Waals surface area contributed by atoms with Crippen LogP contribution in [0, 0.1) is 41.5 Å². The molecule has 0 N–H and O–H groups in total. The third-order valence-corrected chi connectivity index (χ3v) is 9.88. The maximum absolute atomic E-state index is 2.38. The summed E-state index contributed by atoms with van der Waals surface area (Å²) in [6.45, 7) is 13.2. The zero-order chi connectivity index (χ0) is 33.1. The minimum Gasteiger partial charge on any atom is -0.0616 e. The molecule has 0 saturated carbocycles. The van der Waals surface area contributed by atoms with Gasteiger partial charge < -0.3 is 0 Å². The largest absolute Gasteiger partial charge is 0.0616 e. The Morgan fingerprint density at radius 1 is 0.250 bits per heavy atom. The summed E-state index contributed by atoms with van der Waals surface area (Å²) in [4.78, 5) is 0. The Balaban J connectivity index is 1.76. The van der Waals surface area contributed by atoms with Crippen LogP contribution in [0.3, 0.4) is 0 Å². The molecule has 0 aliphatic rings. The fraction of sp³-hybridized carbons (Fsp3) is 0.125. The molecule has 0 radical (unpaired) electrons. The lowest BCUT2D eigenvalue weighted by atomic mass is 9.77. The van der Waals surface area contributed by atoms with Crippen LogP contribution in [0.15, 0.2) is 133 Å². The second-order valence-electron chi connectivity index (χ2n) is 13.8. The molecule has 0 aromatic heterocycles. The van der Waals surface area contributed by atoms with E-state index in [-0.39, 0.29) is 0 Å². The first-order valence-corrected chi connectivity index (χ1v) is 17.0. The highest BCUT2D eigenvalue weighted by atomic mass is 14.3. The molecular weight excluding hydrogens is 577 g/mol. The quantitative estimate of drug-likeness (QED) is 0.173. The van der Waals surface area contributed by atoms with Gasteiger partial charge in [0.2, 0.25) is 0 Å². The Bertz CT molecular complexity index is 2310. The fourth-order valence-electron chi connectivity index (χ4n) is 8.00. The predicted octanol–water partition coefficient (Wildman–Crippen LogP) is 13.7. The molecule has 0 spiro atoms. The van der Waals surface area contributed by atoms with Crippen LogP contribution in [0.2, 0.25) is 0 Å². The number of fused-ring (bicyclic) bond motifs is 3. The highest BCUT2D eigenvalue weighted by Gasteiger charge is 2.26. The summed E-state index contributed by atoms with van der Waals surface area (Å²) in [6, 6.07) is 50.5. The summed E-state index contributed by atoms with van der Waals surface area (Å²) in [6.07, 6.45) is 0. The number of rotatable bonds is 4. The lowest BCUT2D eigenvalue weighted by Gasteiger charge is -2.26. The van der Waals surface area contributed by atoms with Crippen molar-refractivity contribution in [2.45, 2.75) is 41.5 Å². The monoisotopic (exact) mass is 616 g/mol. The standard InChI is InChI=1S/C48H40/c1-29-15-19-35(20-16-29)43-39-11-7-8-12-40(39)44(36-21-17-30(2)18-22-36)48-46(38-27-33(5)24-34(6)28-38)42-14-10-9-13-41(42)45(47(43)48)37-25-31(3)23-32(4)26-37/h7-28H,1-6H3. The molecule has 0 atom stereocenters. The first kappa shape index (κ1) is 29.9. The van der Waals surface area contributed by atoms with E-state index in [1.807, 2.05) is 0 Å². The van der Waals surface area contributed by atoms with Gasteiger partial charge in [0.1, 0.15) is 0 Å². The van der Waals surface area contributed by atoms with E-state index < -0.39 is 0 Å². The molecule has 0 unspecified atom stereocenters. The first-order chi connectivity index (χ1) is 23.3. The van der Waals surface area contributed by atoms with Crippen LogP contribution in [-0.4, -0.2) is 0 Å². The van der Waals surface area contributed by atoms with E-state index in [1.54, 1.807) is 0 Å². The Morgan fingerprint density at radius 2 is 0.521 bits per heavy atom. The van der Waals surface area contributed by atoms with Gasteiger partial charge in [-0.15, -0.1) is 0 Å². The van der Waals surface area contributed by atoms with Gasteiger partial charge in [-0.25, -0.2) is 0 Å². The average molecular weight is 617 g/mol. The van der Waals surface area contributed by atoms with Gasteiger partial charge in [-0.1, -0.05) is 167 Å². The lowest BCUT2D eigenvalue weighted by molar-refractivity contribution is 1.38. The highest BCUT2D eigenvalue weighted by molar-refractivity contribution is 6.33. The SMILES string of the molecule is Cc1ccc(-c2c3ccccc3c(-c3ccc(C)cc3)c3c(-c4cc(C)cc(C)c4)c4ccccc4c(-c4cc(C)cc(C)c4)c23)cc1. The van der Waals surface area contributed by atoms with Crippen LogP contribution in [0.25, 0.3) is 76.8 Å². The van der Waals surface area contributed by atoms with Gasteiger partial charge in [-0.2, -0.15) is 0 Å². The fourth-order valence-corrected chi connectivity index (χ4v) is 8.00. The van der Waals surface area contributed by atoms with Crippen molar-refractivity contribution in [3.8, 4) is 44.5 Å². The molecule has 0 heteroatoms. The first-order valence-electron chi connectivity index (χ1n) is 17.0. The summed E-state index contributed by atoms with van der Waals surface area (Å²) in [7, 11) is 0. The third kappa shape index (κ3) is 5.00. The zero-order valence-electron chi connectivity index (χ0n) is 28.7. The molecule has 48 heavy (non-hydrogen) atoms. The molecule has 0 aliphatic carbocycles. The lowest BCUT2D eigenvalue weighted by Crippen LogP contribution is -1.98. The van der Waals surface area contributed by atoms with E-state index in [2.05, 4.69) is 175 Å². The Hall–Kier alpha value is -5.46. The van der Waals surface area contributed by atoms with E-state index in [9.17, 15) is 0 Å². The maximum atomic E-state index is 2.38. The Kier molecular flexibility index (Phi) is 7.26. The van der Waals surface area contributed by atoms with Crippen LogP contribution in [0.4, 0.5) is 0 Å². The van der Waals surface area contributed by atoms with E-state index in [0.717, 1.165) is 0 Å². The molecule has 0 nitrogen and oxygen atoms in total. The average Bonchev–Trinajstić information content (AvgIpc) is 3.06. The third-order valence-electron chi connectivity index (χ3n) is 9.88. The van der Waals surface area contributed by atoms with Crippen molar-refractivity contribution in [1.82, 2.24) is 0 Å². The highest BCUT2D eigenvalue weighted by Crippen LogP contribution is 2.53. The van der Waals surface area contributed by atoms with Crippen molar-refractivity contribution in [3.63, 3.8) is 0 Å². The predicted molar refractivity (Wildman–Crippen MR) is 209 cm³/mol. The van der Waals surface area contributed by atoms with Crippen molar-refractivity contribution in [2.75, 3.05) is 0 Å². The molecule has 8 aromatic carbocycles. The Labute approximate surface area is 284 Å². The topological polar surface area (TPSA) is 0 Å². The molecule has 8 aromatic rings. The zero-order valence-corrected chi connectivity index (χ0v) is 28.7. The molecule has 232 valence electrons. The van der Waals surface area contributed by atoms with Gasteiger partial charge in [0, 0.05) is 0 Å². The molecule has 0 bridgehead atoms. The molecule has 0 amide bonds. The van der Waals surface area contributed by atoms with Gasteiger partial charge in [-0.05, 0) is 118 Å². The maximum Gasteiger partial charge on any atom is -0.000139 e. The van der Waals surface area contributed by atoms with Crippen molar-refractivity contribution in [1.29, 1.82) is 0 Å². The number of hydrogen-bond donors (Lipinski definition) is 0. The summed E-state index contributed by atoms with van der Waals surface area (Å²) >= 11 is 0. The van der Waals surface area contributed by atoms with E-state index >= 15 is 0 Å². The molecular formula is C48H40.